The molecule has 2 atom stereocenters. The summed E-state index contributed by atoms with van der Waals surface area (Å²) in [4.78, 5) is 11.7. The Hall–Kier alpha value is -3.09. The molecule has 0 heterocycles. The summed E-state index contributed by atoms with van der Waals surface area (Å²) in [6.45, 7) is 2.24. The van der Waals surface area contributed by atoms with Gasteiger partial charge in [-0.1, -0.05) is 42.5 Å². The maximum atomic E-state index is 11.7. The number of carbonyl (C=O) groups excluding carboxylic acids is 1. The first-order valence-corrected chi connectivity index (χ1v) is 9.79. The number of nitrogens with two attached hydrogens (primary N) is 1. The van der Waals surface area contributed by atoms with Crippen molar-refractivity contribution in [2.24, 2.45) is 11.7 Å². The predicted molar refractivity (Wildman–Crippen MR) is 115 cm³/mol. The van der Waals surface area contributed by atoms with E-state index in [2.05, 4.69) is 12.1 Å². The molecule has 0 saturated heterocycles. The average Bonchev–Trinajstić information content (AvgIpc) is 2.75. The Kier molecular flexibility index (Phi) is 6.92. The minimum atomic E-state index is -1.62. The van der Waals surface area contributed by atoms with Crippen LogP contribution in [0.25, 0.3) is 10.8 Å². The van der Waals surface area contributed by atoms with Crippen LogP contribution in [-0.4, -0.2) is 37.1 Å². The minimum absolute atomic E-state index is 0.265. The number of amides is 1. The Morgan fingerprint density at radius 2 is 1.57 bits per heavy atom. The van der Waals surface area contributed by atoms with Gasteiger partial charge in [-0.15, -0.1) is 0 Å². The Balaban J connectivity index is 1.50. The van der Waals surface area contributed by atoms with Crippen LogP contribution < -0.4 is 15.2 Å². The van der Waals surface area contributed by atoms with Crippen LogP contribution in [0.2, 0.25) is 0 Å². The molecule has 3 aromatic carbocycles. The van der Waals surface area contributed by atoms with E-state index >= 15 is 0 Å². The summed E-state index contributed by atoms with van der Waals surface area (Å²) in [6, 6.07) is 21.4. The molecule has 0 spiro atoms. The van der Waals surface area contributed by atoms with Crippen molar-refractivity contribution in [3.8, 4) is 11.5 Å². The number of rotatable bonds is 10. The summed E-state index contributed by atoms with van der Waals surface area (Å²) in [5.74, 6) is -1.61. The first-order chi connectivity index (χ1) is 14.4. The lowest BCUT2D eigenvalue weighted by molar-refractivity contribution is -0.206. The van der Waals surface area contributed by atoms with E-state index in [0.717, 1.165) is 16.7 Å². The van der Waals surface area contributed by atoms with E-state index in [0.29, 0.717) is 19.0 Å². The summed E-state index contributed by atoms with van der Waals surface area (Å²) < 4.78 is 16.5. The van der Waals surface area contributed by atoms with Gasteiger partial charge in [-0.05, 0) is 53.9 Å². The minimum Gasteiger partial charge on any atom is -0.490 e. The van der Waals surface area contributed by atoms with Crippen LogP contribution in [0.4, 0.5) is 0 Å². The van der Waals surface area contributed by atoms with Gasteiger partial charge in [0.15, 0.2) is 5.79 Å². The number of benzene rings is 3. The lowest BCUT2D eigenvalue weighted by Crippen LogP contribution is -2.45. The second-order valence-electron chi connectivity index (χ2n) is 7.27. The third-order valence-corrected chi connectivity index (χ3v) is 5.11. The second kappa shape index (κ2) is 9.61. The fourth-order valence-electron chi connectivity index (χ4n) is 3.23. The zero-order valence-electron chi connectivity index (χ0n) is 17.2. The van der Waals surface area contributed by atoms with Crippen molar-refractivity contribution >= 4 is 16.7 Å². The van der Waals surface area contributed by atoms with Gasteiger partial charge in [0, 0.05) is 7.11 Å². The summed E-state index contributed by atoms with van der Waals surface area (Å²) in [7, 11) is 1.34. The van der Waals surface area contributed by atoms with Gasteiger partial charge in [-0.25, -0.2) is 0 Å². The van der Waals surface area contributed by atoms with Gasteiger partial charge in [0.05, 0.1) is 5.92 Å². The Labute approximate surface area is 176 Å². The molecule has 3 rings (SSSR count). The van der Waals surface area contributed by atoms with Gasteiger partial charge in [-0.2, -0.15) is 0 Å². The highest BCUT2D eigenvalue weighted by Crippen LogP contribution is 2.24. The van der Waals surface area contributed by atoms with E-state index in [1.54, 1.807) is 0 Å². The van der Waals surface area contributed by atoms with E-state index in [-0.39, 0.29) is 6.42 Å². The van der Waals surface area contributed by atoms with Crippen LogP contribution in [0, 0.1) is 5.92 Å². The number of hydrogen-bond donors (Lipinski definition) is 2. The fourth-order valence-corrected chi connectivity index (χ4v) is 3.23. The molecule has 2 unspecified atom stereocenters. The zero-order chi connectivity index (χ0) is 21.6. The third kappa shape index (κ3) is 5.49. The molecule has 0 fully saturated rings. The van der Waals surface area contributed by atoms with Crippen molar-refractivity contribution in [2.45, 2.75) is 19.1 Å². The Bertz CT molecular complexity index is 984. The van der Waals surface area contributed by atoms with Gasteiger partial charge in [0.1, 0.15) is 24.7 Å². The van der Waals surface area contributed by atoms with E-state index in [1.165, 1.54) is 19.4 Å². The molecular weight excluding hydrogens is 382 g/mol. The quantitative estimate of drug-likeness (QED) is 0.396. The van der Waals surface area contributed by atoms with Crippen LogP contribution >= 0.6 is 0 Å². The third-order valence-electron chi connectivity index (χ3n) is 5.11. The smallest absolute Gasteiger partial charge is 0.226 e. The molecule has 0 aliphatic carbocycles. The molecule has 1 amide bonds. The number of methoxy groups -OCH3 is 1. The van der Waals surface area contributed by atoms with Crippen molar-refractivity contribution < 1.29 is 24.1 Å². The van der Waals surface area contributed by atoms with Gasteiger partial charge in [-0.3, -0.25) is 4.79 Å². The van der Waals surface area contributed by atoms with Crippen LogP contribution in [0.1, 0.15) is 12.5 Å². The lowest BCUT2D eigenvalue weighted by Gasteiger charge is -2.29. The van der Waals surface area contributed by atoms with Crippen LogP contribution in [0.15, 0.2) is 66.7 Å². The second-order valence-corrected chi connectivity index (χ2v) is 7.27. The molecule has 6 nitrogen and oxygen atoms in total. The maximum Gasteiger partial charge on any atom is 0.226 e. The first kappa shape index (κ1) is 21.6. The first-order valence-electron chi connectivity index (χ1n) is 9.79. The van der Waals surface area contributed by atoms with Gasteiger partial charge in [0.2, 0.25) is 5.91 Å². The van der Waals surface area contributed by atoms with E-state index in [1.807, 2.05) is 54.6 Å². The largest absolute Gasteiger partial charge is 0.490 e. The molecule has 30 heavy (non-hydrogen) atoms. The molecule has 0 radical (unpaired) electrons. The van der Waals surface area contributed by atoms with Crippen molar-refractivity contribution in [1.82, 2.24) is 0 Å². The number of fused-ring (bicyclic) bond motifs is 1. The summed E-state index contributed by atoms with van der Waals surface area (Å²) >= 11 is 0. The van der Waals surface area contributed by atoms with Gasteiger partial charge >= 0.3 is 0 Å². The summed E-state index contributed by atoms with van der Waals surface area (Å²) in [5, 5.41) is 12.5. The number of ether oxygens (including phenoxy) is 3. The molecule has 6 heteroatoms. The molecule has 158 valence electrons. The monoisotopic (exact) mass is 409 g/mol. The number of carbonyl (C=O) groups is 1. The SMILES string of the molecule is COC(C)(O)C(Cc1ccc(OCCOc2ccc3ccccc3c2)cc1)C(N)=O. The van der Waals surface area contributed by atoms with Crippen molar-refractivity contribution in [1.29, 1.82) is 0 Å². The van der Waals surface area contributed by atoms with E-state index in [9.17, 15) is 9.90 Å². The molecule has 0 aliphatic heterocycles. The highest BCUT2D eigenvalue weighted by atomic mass is 16.6. The number of aliphatic hydroxyl groups is 1. The predicted octanol–water partition coefficient (Wildman–Crippen LogP) is 3.30. The molecule has 0 saturated carbocycles. The highest BCUT2D eigenvalue weighted by molar-refractivity contribution is 5.83. The Morgan fingerprint density at radius 3 is 2.20 bits per heavy atom. The summed E-state index contributed by atoms with van der Waals surface area (Å²) in [6.07, 6.45) is 0.265. The van der Waals surface area contributed by atoms with Crippen LogP contribution in [0.5, 0.6) is 11.5 Å². The molecule has 3 N–H and O–H groups in total. The average molecular weight is 409 g/mol. The van der Waals surface area contributed by atoms with E-state index < -0.39 is 17.6 Å². The molecule has 0 aromatic heterocycles. The van der Waals surface area contributed by atoms with Crippen LogP contribution in [0.3, 0.4) is 0 Å². The molecular formula is C24H27NO5. The van der Waals surface area contributed by atoms with Crippen molar-refractivity contribution in [3.05, 3.63) is 72.3 Å². The van der Waals surface area contributed by atoms with Gasteiger partial charge in [0.25, 0.3) is 0 Å². The van der Waals surface area contributed by atoms with Crippen LogP contribution in [-0.2, 0) is 16.0 Å². The molecule has 3 aromatic rings. The standard InChI is InChI=1S/C24H27NO5/c1-24(27,28-2)22(23(25)26)15-17-7-10-20(11-8-17)29-13-14-30-21-12-9-18-5-3-4-6-19(18)16-21/h3-12,16,22,27H,13-15H2,1-2H3,(H2,25,26). The number of hydrogen-bond acceptors (Lipinski definition) is 5. The van der Waals surface area contributed by atoms with Crippen molar-refractivity contribution in [2.75, 3.05) is 20.3 Å². The van der Waals surface area contributed by atoms with Gasteiger partial charge < -0.3 is 25.1 Å². The molecule has 0 aliphatic rings. The molecule has 0 bridgehead atoms. The topological polar surface area (TPSA) is 91.0 Å². The maximum absolute atomic E-state index is 11.7. The zero-order valence-corrected chi connectivity index (χ0v) is 17.2. The normalized spacial score (nSPS) is 14.1. The van der Waals surface area contributed by atoms with E-state index in [4.69, 9.17) is 19.9 Å². The summed E-state index contributed by atoms with van der Waals surface area (Å²) in [5.41, 5.74) is 6.26. The Morgan fingerprint density at radius 1 is 0.967 bits per heavy atom. The number of primary amides is 1. The highest BCUT2D eigenvalue weighted by Gasteiger charge is 2.36. The lowest BCUT2D eigenvalue weighted by atomic mass is 9.91. The fraction of sp³-hybridized carbons (Fsp3) is 0.292. The van der Waals surface area contributed by atoms with Crippen molar-refractivity contribution in [3.63, 3.8) is 0 Å².